The molecule has 1 nitrogen and oxygen atoms in total. The highest BCUT2D eigenvalue weighted by Gasteiger charge is 2.28. The van der Waals surface area contributed by atoms with Gasteiger partial charge in [-0.1, -0.05) is 33.8 Å². The third kappa shape index (κ3) is 3.06. The minimum Gasteiger partial charge on any atom is -0.257 e. The molecule has 1 aliphatic rings. The molecule has 0 amide bonds. The molecule has 0 N–H and O–H groups in total. The number of rotatable bonds is 2. The van der Waals surface area contributed by atoms with E-state index in [0.29, 0.717) is 22.3 Å². The lowest BCUT2D eigenvalue weighted by Crippen LogP contribution is -2.11. The molecule has 2 atom stereocenters. The second-order valence-corrected chi connectivity index (χ2v) is 8.63. The molecule has 0 radical (unpaired) electrons. The van der Waals surface area contributed by atoms with Gasteiger partial charge in [0.15, 0.2) is 0 Å². The lowest BCUT2D eigenvalue weighted by molar-refractivity contribution is 0.782. The zero-order chi connectivity index (χ0) is 15.9. The fourth-order valence-electron chi connectivity index (χ4n) is 3.32. The summed E-state index contributed by atoms with van der Waals surface area (Å²) in [6, 6.07) is 0. The summed E-state index contributed by atoms with van der Waals surface area (Å²) >= 11 is 2.07. The van der Waals surface area contributed by atoms with Crippen molar-refractivity contribution in [3.8, 4) is 0 Å². The zero-order valence-electron chi connectivity index (χ0n) is 14.7. The van der Waals surface area contributed by atoms with Crippen molar-refractivity contribution in [1.29, 1.82) is 0 Å². The fraction of sp³-hybridized carbons (Fsp3) is 0.632. The number of allylic oxidation sites excluding steroid dienone is 1. The summed E-state index contributed by atoms with van der Waals surface area (Å²) < 4.78 is 0. The molecule has 0 saturated heterocycles. The molecular formula is C19H29NS. The Morgan fingerprint density at radius 1 is 1.05 bits per heavy atom. The topological polar surface area (TPSA) is 12.9 Å². The van der Waals surface area contributed by atoms with E-state index in [1.165, 1.54) is 33.7 Å². The van der Waals surface area contributed by atoms with Crippen LogP contribution < -0.4 is 0 Å². The van der Waals surface area contributed by atoms with Gasteiger partial charge in [-0.05, 0) is 56.2 Å². The molecule has 116 valence electrons. The van der Waals surface area contributed by atoms with Gasteiger partial charge >= 0.3 is 0 Å². The lowest BCUT2D eigenvalue weighted by atomic mass is 9.84. The van der Waals surface area contributed by atoms with Gasteiger partial charge < -0.3 is 0 Å². The minimum atomic E-state index is 0.464. The maximum Gasteiger partial charge on any atom is 0.0510 e. The van der Waals surface area contributed by atoms with E-state index in [0.717, 1.165) is 0 Å². The second-order valence-electron chi connectivity index (χ2n) is 6.91. The molecule has 1 aliphatic heterocycles. The van der Waals surface area contributed by atoms with Gasteiger partial charge in [0, 0.05) is 21.8 Å². The van der Waals surface area contributed by atoms with Crippen molar-refractivity contribution in [3.05, 3.63) is 34.2 Å². The van der Waals surface area contributed by atoms with E-state index >= 15 is 0 Å². The van der Waals surface area contributed by atoms with Crippen molar-refractivity contribution in [3.63, 3.8) is 0 Å². The molecular weight excluding hydrogens is 274 g/mol. The van der Waals surface area contributed by atoms with E-state index in [1.807, 2.05) is 0 Å². The molecule has 1 aromatic heterocycles. The average molecular weight is 304 g/mol. The molecule has 0 aliphatic carbocycles. The third-order valence-electron chi connectivity index (χ3n) is 4.46. The Balaban J connectivity index is 2.85. The number of hydrogen-bond acceptors (Lipinski definition) is 2. The highest BCUT2D eigenvalue weighted by molar-refractivity contribution is 8.00. The number of fused-ring (bicyclic) bond motifs is 1. The van der Waals surface area contributed by atoms with Gasteiger partial charge in [0.05, 0.1) is 5.69 Å². The van der Waals surface area contributed by atoms with E-state index in [-0.39, 0.29) is 0 Å². The van der Waals surface area contributed by atoms with Crippen molar-refractivity contribution in [2.45, 2.75) is 71.8 Å². The summed E-state index contributed by atoms with van der Waals surface area (Å²) in [6.45, 7) is 18.2. The maximum absolute atomic E-state index is 4.97. The van der Waals surface area contributed by atoms with E-state index in [1.54, 1.807) is 0 Å². The standard InChI is InChI=1S/C19H29NS/c1-10(2)16-9-12(5)21-15(8)17-13(6)14(7)20-19(11(3)4)18(16)17/h9-12,15H,1-8H3/t12-,15+/m1/s1. The van der Waals surface area contributed by atoms with Crippen LogP contribution in [0.25, 0.3) is 5.57 Å². The third-order valence-corrected chi connectivity index (χ3v) is 5.67. The van der Waals surface area contributed by atoms with Crippen LogP contribution in [0.2, 0.25) is 0 Å². The summed E-state index contributed by atoms with van der Waals surface area (Å²) in [5, 5.41) is 1.09. The van der Waals surface area contributed by atoms with Gasteiger partial charge in [-0.3, -0.25) is 4.98 Å². The summed E-state index contributed by atoms with van der Waals surface area (Å²) in [6.07, 6.45) is 2.47. The van der Waals surface area contributed by atoms with Crippen molar-refractivity contribution >= 4 is 17.3 Å². The van der Waals surface area contributed by atoms with Crippen LogP contribution >= 0.6 is 11.8 Å². The number of aromatic nitrogens is 1. The molecule has 2 heteroatoms. The first kappa shape index (κ1) is 16.6. The molecule has 0 unspecified atom stereocenters. The fourth-order valence-corrected chi connectivity index (χ4v) is 4.62. The molecule has 0 fully saturated rings. The van der Waals surface area contributed by atoms with Crippen LogP contribution in [0.5, 0.6) is 0 Å². The van der Waals surface area contributed by atoms with Crippen molar-refractivity contribution < 1.29 is 0 Å². The maximum atomic E-state index is 4.97. The van der Waals surface area contributed by atoms with Crippen LogP contribution in [0.4, 0.5) is 0 Å². The van der Waals surface area contributed by atoms with Gasteiger partial charge in [0.1, 0.15) is 0 Å². The van der Waals surface area contributed by atoms with Crippen LogP contribution in [0, 0.1) is 19.8 Å². The minimum absolute atomic E-state index is 0.464. The Kier molecular flexibility index (Phi) is 4.87. The van der Waals surface area contributed by atoms with Crippen LogP contribution in [0.1, 0.15) is 80.8 Å². The summed E-state index contributed by atoms with van der Waals surface area (Å²) in [7, 11) is 0. The Hall–Kier alpha value is -0.760. The largest absolute Gasteiger partial charge is 0.257 e. The predicted octanol–water partition coefficient (Wildman–Crippen LogP) is 6.06. The number of aryl methyl sites for hydroxylation is 1. The highest BCUT2D eigenvalue weighted by Crippen LogP contribution is 2.46. The summed E-state index contributed by atoms with van der Waals surface area (Å²) in [5.41, 5.74) is 8.34. The summed E-state index contributed by atoms with van der Waals surface area (Å²) in [5.74, 6) is 1.00. The normalized spacial score (nSPS) is 22.3. The number of pyridine rings is 1. The first-order valence-electron chi connectivity index (χ1n) is 8.12. The van der Waals surface area contributed by atoms with Gasteiger partial charge in [-0.15, -0.1) is 11.8 Å². The van der Waals surface area contributed by atoms with Crippen LogP contribution in [0.3, 0.4) is 0 Å². The smallest absolute Gasteiger partial charge is 0.0510 e. The van der Waals surface area contributed by atoms with E-state index in [4.69, 9.17) is 4.98 Å². The van der Waals surface area contributed by atoms with E-state index in [9.17, 15) is 0 Å². The molecule has 0 aromatic carbocycles. The molecule has 0 saturated carbocycles. The number of hydrogen-bond donors (Lipinski definition) is 0. The van der Waals surface area contributed by atoms with Crippen molar-refractivity contribution in [2.24, 2.45) is 5.92 Å². The predicted molar refractivity (Wildman–Crippen MR) is 96.1 cm³/mol. The van der Waals surface area contributed by atoms with Crippen molar-refractivity contribution in [1.82, 2.24) is 4.98 Å². The number of nitrogens with zero attached hydrogens (tertiary/aromatic N) is 1. The van der Waals surface area contributed by atoms with Gasteiger partial charge in [0.2, 0.25) is 0 Å². The quantitative estimate of drug-likeness (QED) is 0.659. The Morgan fingerprint density at radius 3 is 2.19 bits per heavy atom. The molecule has 0 spiro atoms. The SMILES string of the molecule is Cc1nc(C(C)C)c2c(c1C)[C@H](C)S[C@H](C)C=C2C(C)C. The molecule has 2 rings (SSSR count). The Bertz CT molecular complexity index is 569. The zero-order valence-corrected chi connectivity index (χ0v) is 15.6. The van der Waals surface area contributed by atoms with Gasteiger partial charge in [-0.25, -0.2) is 0 Å². The highest BCUT2D eigenvalue weighted by atomic mass is 32.2. The van der Waals surface area contributed by atoms with Crippen molar-refractivity contribution in [2.75, 3.05) is 0 Å². The monoisotopic (exact) mass is 303 g/mol. The molecule has 21 heavy (non-hydrogen) atoms. The number of thioether (sulfide) groups is 1. The van der Waals surface area contributed by atoms with E-state index < -0.39 is 0 Å². The molecule has 1 aromatic rings. The average Bonchev–Trinajstić information content (AvgIpc) is 2.50. The molecule has 0 bridgehead atoms. The first-order valence-corrected chi connectivity index (χ1v) is 9.06. The molecule has 2 heterocycles. The lowest BCUT2D eigenvalue weighted by Gasteiger charge is -2.25. The van der Waals surface area contributed by atoms with Crippen LogP contribution in [-0.2, 0) is 0 Å². The Labute approximate surface area is 134 Å². The van der Waals surface area contributed by atoms with Gasteiger partial charge in [0.25, 0.3) is 0 Å². The Morgan fingerprint density at radius 2 is 1.67 bits per heavy atom. The summed E-state index contributed by atoms with van der Waals surface area (Å²) in [4.78, 5) is 4.97. The van der Waals surface area contributed by atoms with E-state index in [2.05, 4.69) is 73.2 Å². The van der Waals surface area contributed by atoms with Crippen LogP contribution in [0.15, 0.2) is 6.08 Å². The second kappa shape index (κ2) is 6.16. The van der Waals surface area contributed by atoms with Gasteiger partial charge in [-0.2, -0.15) is 0 Å². The van der Waals surface area contributed by atoms with Crippen LogP contribution in [-0.4, -0.2) is 10.2 Å². The first-order chi connectivity index (χ1) is 9.73.